The minimum absolute atomic E-state index is 1.01. The van der Waals surface area contributed by atoms with Gasteiger partial charge in [-0.25, -0.2) is 0 Å². The number of nitrogens with zero attached hydrogens (tertiary/aromatic N) is 1. The Morgan fingerprint density at radius 2 is 2.50 bits per heavy atom. The number of aromatic nitrogens is 2. The molecule has 0 atom stereocenters. The van der Waals surface area contributed by atoms with Crippen LogP contribution in [-0.2, 0) is 0 Å². The number of H-pyrrole nitrogens is 1. The van der Waals surface area contributed by atoms with E-state index in [9.17, 15) is 0 Å². The predicted octanol–water partition coefficient (Wildman–Crippen LogP) is 1.67. The fourth-order valence-corrected chi connectivity index (χ4v) is 1.03. The number of hydrogen-bond donors (Lipinski definition) is 1. The molecule has 49 valence electrons. The van der Waals surface area contributed by atoms with E-state index in [2.05, 4.69) is 16.3 Å². The fourth-order valence-electron chi connectivity index (χ4n) is 1.03. The lowest BCUT2D eigenvalue weighted by Gasteiger charge is -1.83. The molecule has 0 aliphatic carbocycles. The Morgan fingerprint density at radius 1 is 1.60 bits per heavy atom. The van der Waals surface area contributed by atoms with E-state index in [4.69, 9.17) is 0 Å². The van der Waals surface area contributed by atoms with Crippen molar-refractivity contribution in [3.8, 4) is 0 Å². The number of benzene rings is 1. The fraction of sp³-hybridized carbons (Fsp3) is 0.125. The summed E-state index contributed by atoms with van der Waals surface area (Å²) in [5.74, 6) is 0. The van der Waals surface area contributed by atoms with Crippen LogP contribution in [0, 0.1) is 13.0 Å². The molecule has 1 radical (unpaired) electrons. The normalized spacial score (nSPS) is 10.5. The third-order valence-electron chi connectivity index (χ3n) is 1.56. The van der Waals surface area contributed by atoms with E-state index in [-0.39, 0.29) is 0 Å². The molecular formula is C8H7N2. The van der Waals surface area contributed by atoms with Crippen molar-refractivity contribution in [2.45, 2.75) is 6.92 Å². The molecule has 0 aliphatic rings. The van der Waals surface area contributed by atoms with Crippen LogP contribution >= 0.6 is 0 Å². The van der Waals surface area contributed by atoms with Crippen LogP contribution in [0.2, 0.25) is 0 Å². The van der Waals surface area contributed by atoms with E-state index >= 15 is 0 Å². The number of aryl methyl sites for hydroxylation is 1. The van der Waals surface area contributed by atoms with Crippen molar-refractivity contribution >= 4 is 10.9 Å². The Labute approximate surface area is 58.9 Å². The Hall–Kier alpha value is -1.31. The predicted molar refractivity (Wildman–Crippen MR) is 39.7 cm³/mol. The van der Waals surface area contributed by atoms with Crippen LogP contribution in [0.3, 0.4) is 0 Å². The van der Waals surface area contributed by atoms with E-state index in [1.807, 2.05) is 25.1 Å². The van der Waals surface area contributed by atoms with Gasteiger partial charge in [0.25, 0.3) is 0 Å². The molecule has 0 saturated carbocycles. The van der Waals surface area contributed by atoms with Crippen molar-refractivity contribution in [3.63, 3.8) is 0 Å². The summed E-state index contributed by atoms with van der Waals surface area (Å²) in [4.78, 5) is 0. The average Bonchev–Trinajstić information content (AvgIpc) is 2.34. The smallest absolute Gasteiger partial charge is 0.0676 e. The highest BCUT2D eigenvalue weighted by molar-refractivity contribution is 5.80. The van der Waals surface area contributed by atoms with Crippen molar-refractivity contribution in [1.29, 1.82) is 0 Å². The second-order valence-electron chi connectivity index (χ2n) is 2.27. The van der Waals surface area contributed by atoms with E-state index in [1.54, 1.807) is 0 Å². The minimum Gasteiger partial charge on any atom is -0.278 e. The van der Waals surface area contributed by atoms with Crippen molar-refractivity contribution in [2.75, 3.05) is 0 Å². The molecule has 2 heteroatoms. The van der Waals surface area contributed by atoms with Gasteiger partial charge in [0.2, 0.25) is 0 Å². The standard InChI is InChI=1S/C8H7N2/c1-6-7-4-2-3-5-8(7)10-9-6/h2-3,5H,1H3,(H,9,10). The maximum Gasteiger partial charge on any atom is 0.0676 e. The summed E-state index contributed by atoms with van der Waals surface area (Å²) in [5, 5.41) is 8.03. The maximum atomic E-state index is 4.04. The van der Waals surface area contributed by atoms with Gasteiger partial charge in [-0.15, -0.1) is 0 Å². The monoisotopic (exact) mass is 131 g/mol. The summed E-state index contributed by atoms with van der Waals surface area (Å²) < 4.78 is 0. The van der Waals surface area contributed by atoms with Gasteiger partial charge >= 0.3 is 0 Å². The molecule has 10 heavy (non-hydrogen) atoms. The van der Waals surface area contributed by atoms with Gasteiger partial charge in [0.15, 0.2) is 0 Å². The van der Waals surface area contributed by atoms with E-state index in [0.717, 1.165) is 16.6 Å². The van der Waals surface area contributed by atoms with Crippen molar-refractivity contribution in [2.24, 2.45) is 0 Å². The first-order valence-electron chi connectivity index (χ1n) is 3.19. The maximum absolute atomic E-state index is 4.04. The molecule has 1 aromatic heterocycles. The van der Waals surface area contributed by atoms with Gasteiger partial charge in [-0.1, -0.05) is 12.1 Å². The van der Waals surface area contributed by atoms with Gasteiger partial charge in [0, 0.05) is 5.39 Å². The topological polar surface area (TPSA) is 28.7 Å². The summed E-state index contributed by atoms with van der Waals surface area (Å²) in [5.41, 5.74) is 2.07. The SMILES string of the molecule is Cc1n[nH]c2ccc[c]c12. The van der Waals surface area contributed by atoms with E-state index in [1.165, 1.54) is 0 Å². The molecule has 0 spiro atoms. The van der Waals surface area contributed by atoms with Crippen LogP contribution in [0.25, 0.3) is 10.9 Å². The lowest BCUT2D eigenvalue weighted by Crippen LogP contribution is -1.68. The third-order valence-corrected chi connectivity index (χ3v) is 1.56. The summed E-state index contributed by atoms with van der Waals surface area (Å²) in [6.45, 7) is 1.97. The second-order valence-corrected chi connectivity index (χ2v) is 2.27. The molecule has 1 heterocycles. The first-order chi connectivity index (χ1) is 4.88. The number of fused-ring (bicyclic) bond motifs is 1. The summed E-state index contributed by atoms with van der Waals surface area (Å²) in [6.07, 6.45) is 0. The first-order valence-corrected chi connectivity index (χ1v) is 3.19. The van der Waals surface area contributed by atoms with Crippen LogP contribution in [0.4, 0.5) is 0 Å². The van der Waals surface area contributed by atoms with Gasteiger partial charge in [-0.2, -0.15) is 5.10 Å². The largest absolute Gasteiger partial charge is 0.278 e. The summed E-state index contributed by atoms with van der Waals surface area (Å²) >= 11 is 0. The van der Waals surface area contributed by atoms with Crippen molar-refractivity contribution in [3.05, 3.63) is 30.0 Å². The third kappa shape index (κ3) is 0.620. The zero-order valence-electron chi connectivity index (χ0n) is 5.68. The van der Waals surface area contributed by atoms with Crippen LogP contribution in [0.5, 0.6) is 0 Å². The lowest BCUT2D eigenvalue weighted by atomic mass is 10.2. The Balaban J connectivity index is 2.93. The van der Waals surface area contributed by atoms with Crippen LogP contribution in [0.1, 0.15) is 5.69 Å². The molecule has 0 fully saturated rings. The molecule has 2 aromatic rings. The van der Waals surface area contributed by atoms with Gasteiger partial charge in [-0.05, 0) is 19.1 Å². The molecule has 0 unspecified atom stereocenters. The Kier molecular flexibility index (Phi) is 1.01. The summed E-state index contributed by atoms with van der Waals surface area (Å²) in [6, 6.07) is 8.94. The molecule has 1 N–H and O–H groups in total. The molecule has 2 nitrogen and oxygen atoms in total. The molecule has 0 saturated heterocycles. The lowest BCUT2D eigenvalue weighted by molar-refractivity contribution is 1.07. The summed E-state index contributed by atoms with van der Waals surface area (Å²) in [7, 11) is 0. The zero-order valence-corrected chi connectivity index (χ0v) is 5.68. The number of hydrogen-bond acceptors (Lipinski definition) is 1. The molecule has 0 aliphatic heterocycles. The van der Waals surface area contributed by atoms with Gasteiger partial charge in [0.05, 0.1) is 11.2 Å². The molecule has 2 rings (SSSR count). The van der Waals surface area contributed by atoms with E-state index in [0.29, 0.717) is 0 Å². The highest BCUT2D eigenvalue weighted by Crippen LogP contribution is 2.12. The number of aromatic amines is 1. The highest BCUT2D eigenvalue weighted by Gasteiger charge is 1.96. The van der Waals surface area contributed by atoms with Gasteiger partial charge < -0.3 is 0 Å². The average molecular weight is 131 g/mol. The highest BCUT2D eigenvalue weighted by atomic mass is 15.1. The van der Waals surface area contributed by atoms with Gasteiger partial charge in [-0.3, -0.25) is 5.10 Å². The molecular weight excluding hydrogens is 124 g/mol. The first kappa shape index (κ1) is 5.47. The van der Waals surface area contributed by atoms with Gasteiger partial charge in [0.1, 0.15) is 0 Å². The van der Waals surface area contributed by atoms with Crippen LogP contribution < -0.4 is 0 Å². The van der Waals surface area contributed by atoms with E-state index < -0.39 is 0 Å². The zero-order chi connectivity index (χ0) is 6.97. The number of nitrogens with one attached hydrogen (secondary N) is 1. The Bertz CT molecular complexity index is 349. The van der Waals surface area contributed by atoms with Crippen molar-refractivity contribution < 1.29 is 0 Å². The Morgan fingerprint density at radius 3 is 3.30 bits per heavy atom. The minimum atomic E-state index is 1.01. The van der Waals surface area contributed by atoms with Crippen LogP contribution in [-0.4, -0.2) is 10.2 Å². The van der Waals surface area contributed by atoms with Crippen molar-refractivity contribution in [1.82, 2.24) is 10.2 Å². The molecule has 0 bridgehead atoms. The second kappa shape index (κ2) is 1.84. The number of rotatable bonds is 0. The van der Waals surface area contributed by atoms with Crippen LogP contribution in [0.15, 0.2) is 18.2 Å². The quantitative estimate of drug-likeness (QED) is 0.578. The molecule has 1 aromatic carbocycles. The molecule has 0 amide bonds.